The van der Waals surface area contributed by atoms with Crippen LogP contribution in [0.15, 0.2) is 48.5 Å². The average Bonchev–Trinajstić information content (AvgIpc) is 2.46. The van der Waals surface area contributed by atoms with E-state index in [1.807, 2.05) is 37.3 Å². The van der Waals surface area contributed by atoms with Crippen molar-refractivity contribution in [1.29, 1.82) is 0 Å². The molecule has 106 valence electrons. The first-order valence-corrected chi connectivity index (χ1v) is 7.01. The van der Waals surface area contributed by atoms with Crippen molar-refractivity contribution in [2.75, 3.05) is 0 Å². The summed E-state index contributed by atoms with van der Waals surface area (Å²) >= 11 is 6.08. The van der Waals surface area contributed by atoms with E-state index in [2.05, 4.69) is 4.98 Å². The average molecular weight is 301 g/mol. The summed E-state index contributed by atoms with van der Waals surface area (Å²) in [6.07, 6.45) is 0. The number of aromatic nitrogens is 1. The highest BCUT2D eigenvalue weighted by Gasteiger charge is 2.17. The third-order valence-electron chi connectivity index (χ3n) is 3.52. The molecule has 2 aromatic carbocycles. The number of hydrogen-bond donors (Lipinski definition) is 1. The molecule has 21 heavy (non-hydrogen) atoms. The van der Waals surface area contributed by atoms with E-state index in [9.17, 15) is 4.39 Å². The minimum Gasteiger partial charge on any atom is -0.320 e. The summed E-state index contributed by atoms with van der Waals surface area (Å²) in [6, 6.07) is 13.6. The molecule has 0 saturated carbocycles. The van der Waals surface area contributed by atoms with Crippen molar-refractivity contribution in [3.8, 4) is 0 Å². The first-order valence-electron chi connectivity index (χ1n) is 6.63. The molecular weight excluding hydrogens is 287 g/mol. The van der Waals surface area contributed by atoms with E-state index in [4.69, 9.17) is 17.3 Å². The third-order valence-corrected chi connectivity index (χ3v) is 3.85. The Hall–Kier alpha value is -1.97. The summed E-state index contributed by atoms with van der Waals surface area (Å²) in [5.41, 5.74) is 9.17. The maximum absolute atomic E-state index is 14.0. The van der Waals surface area contributed by atoms with Gasteiger partial charge in [0.15, 0.2) is 0 Å². The molecule has 0 bridgehead atoms. The van der Waals surface area contributed by atoms with E-state index >= 15 is 0 Å². The fourth-order valence-corrected chi connectivity index (χ4v) is 2.69. The van der Waals surface area contributed by atoms with Gasteiger partial charge < -0.3 is 5.73 Å². The first kappa shape index (κ1) is 14.0. The van der Waals surface area contributed by atoms with Crippen molar-refractivity contribution in [2.45, 2.75) is 13.0 Å². The standard InChI is InChI=1S/C17H14ClFN2/c1-10-5-6-11-9-12(7-8-15(11)21-10)17(20)16-13(18)3-2-4-14(16)19/h2-9,17H,20H2,1H3. The molecule has 3 rings (SSSR count). The van der Waals surface area contributed by atoms with Crippen LogP contribution in [0.5, 0.6) is 0 Å². The largest absolute Gasteiger partial charge is 0.320 e. The number of hydrogen-bond acceptors (Lipinski definition) is 2. The number of aryl methyl sites for hydroxylation is 1. The van der Waals surface area contributed by atoms with Gasteiger partial charge in [0.2, 0.25) is 0 Å². The fourth-order valence-electron chi connectivity index (χ4n) is 2.41. The van der Waals surface area contributed by atoms with Crippen molar-refractivity contribution in [2.24, 2.45) is 5.73 Å². The van der Waals surface area contributed by atoms with Gasteiger partial charge in [0.1, 0.15) is 5.82 Å². The zero-order chi connectivity index (χ0) is 15.0. The maximum Gasteiger partial charge on any atom is 0.129 e. The van der Waals surface area contributed by atoms with Crippen molar-refractivity contribution in [3.63, 3.8) is 0 Å². The van der Waals surface area contributed by atoms with Gasteiger partial charge in [0, 0.05) is 21.7 Å². The zero-order valence-electron chi connectivity index (χ0n) is 11.5. The van der Waals surface area contributed by atoms with Crippen molar-refractivity contribution in [3.05, 3.63) is 76.2 Å². The van der Waals surface area contributed by atoms with Crippen LogP contribution < -0.4 is 5.73 Å². The summed E-state index contributed by atoms with van der Waals surface area (Å²) in [5.74, 6) is -0.392. The molecule has 0 fully saturated rings. The van der Waals surface area contributed by atoms with E-state index in [0.29, 0.717) is 10.6 Å². The topological polar surface area (TPSA) is 38.9 Å². The molecular formula is C17H14ClFN2. The minimum absolute atomic E-state index is 0.318. The summed E-state index contributed by atoms with van der Waals surface area (Å²) in [7, 11) is 0. The Morgan fingerprint density at radius 1 is 1.14 bits per heavy atom. The molecule has 3 aromatic rings. The fraction of sp³-hybridized carbons (Fsp3) is 0.118. The second kappa shape index (κ2) is 5.43. The molecule has 1 unspecified atom stereocenters. The Labute approximate surface area is 127 Å². The van der Waals surface area contributed by atoms with Crippen LogP contribution in [0.25, 0.3) is 10.9 Å². The van der Waals surface area contributed by atoms with Gasteiger partial charge in [-0.05, 0) is 42.8 Å². The van der Waals surface area contributed by atoms with Gasteiger partial charge >= 0.3 is 0 Å². The number of nitrogens with zero attached hydrogens (tertiary/aromatic N) is 1. The predicted octanol–water partition coefficient (Wildman–Crippen LogP) is 4.38. The van der Waals surface area contributed by atoms with E-state index in [1.165, 1.54) is 6.07 Å². The predicted molar refractivity (Wildman–Crippen MR) is 83.9 cm³/mol. The molecule has 4 heteroatoms. The van der Waals surface area contributed by atoms with Gasteiger partial charge in [-0.15, -0.1) is 0 Å². The monoisotopic (exact) mass is 300 g/mol. The van der Waals surface area contributed by atoms with Crippen LogP contribution >= 0.6 is 11.6 Å². The Morgan fingerprint density at radius 3 is 2.71 bits per heavy atom. The number of halogens is 2. The summed E-state index contributed by atoms with van der Waals surface area (Å²) in [6.45, 7) is 1.94. The van der Waals surface area contributed by atoms with Crippen molar-refractivity contribution >= 4 is 22.5 Å². The molecule has 1 atom stereocenters. The van der Waals surface area contributed by atoms with Crippen molar-refractivity contribution in [1.82, 2.24) is 4.98 Å². The van der Waals surface area contributed by atoms with Crippen LogP contribution in [0.1, 0.15) is 22.9 Å². The highest BCUT2D eigenvalue weighted by atomic mass is 35.5. The smallest absolute Gasteiger partial charge is 0.129 e. The number of rotatable bonds is 2. The Bertz CT molecular complexity index is 797. The molecule has 1 aromatic heterocycles. The SMILES string of the molecule is Cc1ccc2cc(C(N)c3c(F)cccc3Cl)ccc2n1. The van der Waals surface area contributed by atoms with Crippen LogP contribution in [-0.4, -0.2) is 4.98 Å². The van der Waals surface area contributed by atoms with Crippen LogP contribution in [0.3, 0.4) is 0 Å². The number of pyridine rings is 1. The molecule has 0 saturated heterocycles. The molecule has 0 aliphatic heterocycles. The van der Waals surface area contributed by atoms with Gasteiger partial charge in [0.05, 0.1) is 11.6 Å². The van der Waals surface area contributed by atoms with Crippen LogP contribution in [-0.2, 0) is 0 Å². The molecule has 1 heterocycles. The molecule has 0 aliphatic rings. The lowest BCUT2D eigenvalue weighted by Crippen LogP contribution is -2.14. The van der Waals surface area contributed by atoms with E-state index in [0.717, 1.165) is 22.2 Å². The van der Waals surface area contributed by atoms with E-state index < -0.39 is 11.9 Å². The van der Waals surface area contributed by atoms with Gasteiger partial charge in [-0.2, -0.15) is 0 Å². The summed E-state index contributed by atoms with van der Waals surface area (Å²) in [5, 5.41) is 1.31. The van der Waals surface area contributed by atoms with Crippen molar-refractivity contribution < 1.29 is 4.39 Å². The Morgan fingerprint density at radius 2 is 1.95 bits per heavy atom. The minimum atomic E-state index is -0.607. The van der Waals surface area contributed by atoms with Gasteiger partial charge in [-0.3, -0.25) is 4.98 Å². The van der Waals surface area contributed by atoms with Gasteiger partial charge in [0.25, 0.3) is 0 Å². The third kappa shape index (κ3) is 2.62. The molecule has 0 amide bonds. The molecule has 0 aliphatic carbocycles. The van der Waals surface area contributed by atoms with Gasteiger partial charge in [-0.25, -0.2) is 4.39 Å². The Kier molecular flexibility index (Phi) is 3.62. The lowest BCUT2D eigenvalue weighted by atomic mass is 9.97. The zero-order valence-corrected chi connectivity index (χ0v) is 12.2. The summed E-state index contributed by atoms with van der Waals surface area (Å²) in [4.78, 5) is 4.44. The highest BCUT2D eigenvalue weighted by Crippen LogP contribution is 2.30. The van der Waals surface area contributed by atoms with Crippen LogP contribution in [0, 0.1) is 12.7 Å². The molecule has 2 nitrogen and oxygen atoms in total. The summed E-state index contributed by atoms with van der Waals surface area (Å²) < 4.78 is 14.0. The maximum atomic E-state index is 14.0. The second-order valence-corrected chi connectivity index (χ2v) is 5.42. The van der Waals surface area contributed by atoms with Crippen LogP contribution in [0.2, 0.25) is 5.02 Å². The van der Waals surface area contributed by atoms with E-state index in [-0.39, 0.29) is 0 Å². The second-order valence-electron chi connectivity index (χ2n) is 5.02. The Balaban J connectivity index is 2.09. The lowest BCUT2D eigenvalue weighted by Gasteiger charge is -2.15. The molecule has 0 radical (unpaired) electrons. The first-order chi connectivity index (χ1) is 10.1. The quantitative estimate of drug-likeness (QED) is 0.762. The van der Waals surface area contributed by atoms with Crippen LogP contribution in [0.4, 0.5) is 4.39 Å². The normalized spacial score (nSPS) is 12.6. The van der Waals surface area contributed by atoms with Gasteiger partial charge in [-0.1, -0.05) is 29.8 Å². The lowest BCUT2D eigenvalue weighted by molar-refractivity contribution is 0.600. The number of nitrogens with two attached hydrogens (primary N) is 1. The van der Waals surface area contributed by atoms with E-state index in [1.54, 1.807) is 12.1 Å². The highest BCUT2D eigenvalue weighted by molar-refractivity contribution is 6.31. The molecule has 2 N–H and O–H groups in total. The number of fused-ring (bicyclic) bond motifs is 1. The number of benzene rings is 2. The molecule has 0 spiro atoms.